The van der Waals surface area contributed by atoms with Crippen LogP contribution in [0.5, 0.6) is 0 Å². The zero-order valence-electron chi connectivity index (χ0n) is 19.1. The number of nitrogens with zero attached hydrogens (tertiary/aromatic N) is 3. The van der Waals surface area contributed by atoms with E-state index >= 15 is 0 Å². The number of hydrogen-bond donors (Lipinski definition) is 1. The highest BCUT2D eigenvalue weighted by Gasteiger charge is 2.38. The summed E-state index contributed by atoms with van der Waals surface area (Å²) < 4.78 is 20.0. The van der Waals surface area contributed by atoms with Crippen molar-refractivity contribution >= 4 is 29.2 Å². The van der Waals surface area contributed by atoms with Crippen LogP contribution in [0.4, 0.5) is 9.18 Å². The van der Waals surface area contributed by atoms with Gasteiger partial charge in [-0.1, -0.05) is 24.3 Å². The summed E-state index contributed by atoms with van der Waals surface area (Å²) in [6, 6.07) is 8.35. The number of urea groups is 1. The molecule has 2 aliphatic heterocycles. The lowest BCUT2D eigenvalue weighted by Crippen LogP contribution is -2.53. The summed E-state index contributed by atoms with van der Waals surface area (Å²) in [6.45, 7) is 4.37. The Hall–Kier alpha value is -3.24. The normalized spacial score (nSPS) is 19.3. The Morgan fingerprint density at radius 2 is 1.88 bits per heavy atom. The molecule has 2 aliphatic rings. The van der Waals surface area contributed by atoms with Crippen molar-refractivity contribution < 1.29 is 23.5 Å². The summed E-state index contributed by atoms with van der Waals surface area (Å²) in [6.07, 6.45) is 0. The first-order valence-electron chi connectivity index (χ1n) is 11.1. The molecule has 0 aliphatic carbocycles. The highest BCUT2D eigenvalue weighted by atomic mass is 32.1. The fourth-order valence-electron chi connectivity index (χ4n) is 4.22. The number of esters is 1. The Bertz CT molecular complexity index is 1100. The number of halogens is 1. The third kappa shape index (κ3) is 4.83. The Labute approximate surface area is 201 Å². The zero-order valence-corrected chi connectivity index (χ0v) is 19.9. The first kappa shape index (κ1) is 23.9. The standard InChI is InChI=1S/C24H27FN4O4S/c1-3-33-23(31)20-18(27(2)24(32)26-21(20)16-7-4-5-8-17(16)25)15-28-10-12-29(13-11-28)22(30)19-9-6-14-34-19/h4-9,14,21H,3,10-13,15H2,1-2H3,(H,26,32). The summed E-state index contributed by atoms with van der Waals surface area (Å²) in [4.78, 5) is 44.4. The van der Waals surface area contributed by atoms with E-state index < -0.39 is 23.9 Å². The molecule has 4 rings (SSSR count). The second kappa shape index (κ2) is 10.4. The van der Waals surface area contributed by atoms with Gasteiger partial charge < -0.3 is 15.0 Å². The number of nitrogens with one attached hydrogen (secondary N) is 1. The van der Waals surface area contributed by atoms with Crippen LogP contribution in [0.3, 0.4) is 0 Å². The maximum Gasteiger partial charge on any atom is 0.338 e. The number of thiophene rings is 1. The highest BCUT2D eigenvalue weighted by molar-refractivity contribution is 7.12. The Balaban J connectivity index is 1.59. The van der Waals surface area contributed by atoms with Crippen LogP contribution in [0.1, 0.15) is 28.2 Å². The van der Waals surface area contributed by atoms with Gasteiger partial charge in [-0.15, -0.1) is 11.3 Å². The average Bonchev–Trinajstić information content (AvgIpc) is 3.37. The van der Waals surface area contributed by atoms with Gasteiger partial charge in [0.25, 0.3) is 5.91 Å². The van der Waals surface area contributed by atoms with Gasteiger partial charge >= 0.3 is 12.0 Å². The average molecular weight is 487 g/mol. The van der Waals surface area contributed by atoms with E-state index in [1.54, 1.807) is 32.2 Å². The van der Waals surface area contributed by atoms with E-state index in [9.17, 15) is 18.8 Å². The number of rotatable bonds is 6. The zero-order chi connectivity index (χ0) is 24.2. The van der Waals surface area contributed by atoms with Crippen molar-refractivity contribution in [2.45, 2.75) is 13.0 Å². The van der Waals surface area contributed by atoms with Crippen molar-refractivity contribution in [3.05, 3.63) is 69.3 Å². The minimum atomic E-state index is -0.958. The molecule has 0 spiro atoms. The topological polar surface area (TPSA) is 82.2 Å². The quantitative estimate of drug-likeness (QED) is 0.635. The van der Waals surface area contributed by atoms with Crippen molar-refractivity contribution in [3.63, 3.8) is 0 Å². The lowest BCUT2D eigenvalue weighted by atomic mass is 9.94. The summed E-state index contributed by atoms with van der Waals surface area (Å²) >= 11 is 1.42. The first-order valence-corrected chi connectivity index (χ1v) is 12.0. The van der Waals surface area contributed by atoms with Gasteiger partial charge in [0.1, 0.15) is 5.82 Å². The largest absolute Gasteiger partial charge is 0.463 e. The Morgan fingerprint density at radius 1 is 1.15 bits per heavy atom. The van der Waals surface area contributed by atoms with Crippen LogP contribution in [-0.2, 0) is 9.53 Å². The van der Waals surface area contributed by atoms with Crippen LogP contribution in [0, 0.1) is 5.82 Å². The minimum Gasteiger partial charge on any atom is -0.463 e. The van der Waals surface area contributed by atoms with Crippen molar-refractivity contribution in [2.75, 3.05) is 46.4 Å². The van der Waals surface area contributed by atoms with E-state index in [1.807, 2.05) is 22.4 Å². The third-order valence-electron chi connectivity index (χ3n) is 6.05. The molecule has 34 heavy (non-hydrogen) atoms. The molecule has 1 atom stereocenters. The number of piperazine rings is 1. The fourth-order valence-corrected chi connectivity index (χ4v) is 4.91. The molecule has 1 unspecified atom stereocenters. The van der Waals surface area contributed by atoms with Crippen LogP contribution < -0.4 is 5.32 Å². The Morgan fingerprint density at radius 3 is 2.53 bits per heavy atom. The molecular formula is C24H27FN4O4S. The van der Waals surface area contributed by atoms with Gasteiger partial charge in [-0.25, -0.2) is 14.0 Å². The van der Waals surface area contributed by atoms with Crippen LogP contribution in [0.15, 0.2) is 53.0 Å². The number of amides is 3. The molecule has 3 heterocycles. The van der Waals surface area contributed by atoms with E-state index in [-0.39, 0.29) is 23.7 Å². The number of benzene rings is 1. The smallest absolute Gasteiger partial charge is 0.338 e. The van der Waals surface area contributed by atoms with E-state index in [0.717, 1.165) is 0 Å². The molecule has 3 amide bonds. The number of hydrogen-bond acceptors (Lipinski definition) is 6. The number of carbonyl (C=O) groups is 3. The highest BCUT2D eigenvalue weighted by Crippen LogP contribution is 2.32. The van der Waals surface area contributed by atoms with Crippen molar-refractivity contribution in [1.29, 1.82) is 0 Å². The van der Waals surface area contributed by atoms with Gasteiger partial charge in [-0.2, -0.15) is 0 Å². The monoisotopic (exact) mass is 486 g/mol. The van der Waals surface area contributed by atoms with Gasteiger partial charge in [0.15, 0.2) is 0 Å². The number of ether oxygens (including phenoxy) is 1. The summed E-state index contributed by atoms with van der Waals surface area (Å²) in [5, 5.41) is 4.61. The predicted molar refractivity (Wildman–Crippen MR) is 126 cm³/mol. The van der Waals surface area contributed by atoms with Crippen LogP contribution in [0.25, 0.3) is 0 Å². The molecule has 1 saturated heterocycles. The minimum absolute atomic E-state index is 0.00913. The molecule has 0 saturated carbocycles. The Kier molecular flexibility index (Phi) is 7.28. The maximum absolute atomic E-state index is 14.7. The van der Waals surface area contributed by atoms with E-state index in [1.165, 1.54) is 22.3 Å². The summed E-state index contributed by atoms with van der Waals surface area (Å²) in [5.74, 6) is -1.10. The molecular weight excluding hydrogens is 459 g/mol. The van der Waals surface area contributed by atoms with Gasteiger partial charge in [-0.05, 0) is 24.4 Å². The maximum atomic E-state index is 14.7. The van der Waals surface area contributed by atoms with Gasteiger partial charge in [0.05, 0.1) is 23.1 Å². The SMILES string of the molecule is CCOC(=O)C1=C(CN2CCN(C(=O)c3cccs3)CC2)N(C)C(=O)NC1c1ccccc1F. The first-order chi connectivity index (χ1) is 16.4. The van der Waals surface area contributed by atoms with Gasteiger partial charge in [-0.3, -0.25) is 14.6 Å². The number of likely N-dealkylation sites (N-methyl/N-ethyl adjacent to an activating group) is 1. The summed E-state index contributed by atoms with van der Waals surface area (Å²) in [7, 11) is 1.58. The molecule has 10 heteroatoms. The van der Waals surface area contributed by atoms with E-state index in [0.29, 0.717) is 43.3 Å². The van der Waals surface area contributed by atoms with Gasteiger partial charge in [0.2, 0.25) is 0 Å². The van der Waals surface area contributed by atoms with Gasteiger partial charge in [0, 0.05) is 51.0 Å². The molecule has 0 radical (unpaired) electrons. The van der Waals surface area contributed by atoms with Crippen LogP contribution >= 0.6 is 11.3 Å². The lowest BCUT2D eigenvalue weighted by Gasteiger charge is -2.39. The lowest BCUT2D eigenvalue weighted by molar-refractivity contribution is -0.139. The van der Waals surface area contributed by atoms with E-state index in [2.05, 4.69) is 10.2 Å². The van der Waals surface area contributed by atoms with E-state index in [4.69, 9.17) is 4.74 Å². The molecule has 0 bridgehead atoms. The molecule has 1 aromatic heterocycles. The third-order valence-corrected chi connectivity index (χ3v) is 6.91. The number of carbonyl (C=O) groups excluding carboxylic acids is 3. The molecule has 180 valence electrons. The second-order valence-electron chi connectivity index (χ2n) is 8.09. The molecule has 1 aromatic carbocycles. The predicted octanol–water partition coefficient (Wildman–Crippen LogP) is 2.86. The van der Waals surface area contributed by atoms with Crippen molar-refractivity contribution in [1.82, 2.24) is 20.0 Å². The molecule has 2 aromatic rings. The fraction of sp³-hybridized carbons (Fsp3) is 0.375. The second-order valence-corrected chi connectivity index (χ2v) is 9.04. The van der Waals surface area contributed by atoms with Crippen molar-refractivity contribution in [2.24, 2.45) is 0 Å². The molecule has 1 N–H and O–H groups in total. The van der Waals surface area contributed by atoms with Crippen LogP contribution in [0.2, 0.25) is 0 Å². The van der Waals surface area contributed by atoms with Crippen LogP contribution in [-0.4, -0.2) is 79.0 Å². The van der Waals surface area contributed by atoms with Crippen molar-refractivity contribution in [3.8, 4) is 0 Å². The molecule has 8 nitrogen and oxygen atoms in total. The summed E-state index contributed by atoms with van der Waals surface area (Å²) in [5.41, 5.74) is 0.885. The molecule has 1 fully saturated rings.